The Morgan fingerprint density at radius 3 is 2.44 bits per heavy atom. The monoisotopic (exact) mass is 143 g/mol. The zero-order valence-electron chi connectivity index (χ0n) is 5.51. The lowest BCUT2D eigenvalue weighted by molar-refractivity contribution is 0.392. The van der Waals surface area contributed by atoms with E-state index in [4.69, 9.17) is 4.52 Å². The van der Waals surface area contributed by atoms with Crippen molar-refractivity contribution in [3.05, 3.63) is 17.0 Å². The molecule has 0 aliphatic rings. The molecular formula is C6H9NOS. The second-order valence-corrected chi connectivity index (χ2v) is 2.28. The SMILES string of the molecule is Cc1noc(C)c1CS. The summed E-state index contributed by atoms with van der Waals surface area (Å²) in [5.41, 5.74) is 2.06. The van der Waals surface area contributed by atoms with Crippen molar-refractivity contribution in [1.29, 1.82) is 0 Å². The Kier molecular flexibility index (Phi) is 1.81. The van der Waals surface area contributed by atoms with Crippen LogP contribution in [0.4, 0.5) is 0 Å². The van der Waals surface area contributed by atoms with Gasteiger partial charge in [0.2, 0.25) is 0 Å². The Morgan fingerprint density at radius 1 is 1.56 bits per heavy atom. The van der Waals surface area contributed by atoms with Gasteiger partial charge in [0, 0.05) is 11.3 Å². The smallest absolute Gasteiger partial charge is 0.137 e. The van der Waals surface area contributed by atoms with Crippen molar-refractivity contribution < 1.29 is 4.52 Å². The summed E-state index contributed by atoms with van der Waals surface area (Å²) < 4.78 is 4.89. The van der Waals surface area contributed by atoms with Gasteiger partial charge in [-0.1, -0.05) is 5.16 Å². The van der Waals surface area contributed by atoms with E-state index < -0.39 is 0 Å². The van der Waals surface area contributed by atoms with Crippen LogP contribution < -0.4 is 0 Å². The Bertz CT molecular complexity index is 187. The van der Waals surface area contributed by atoms with Gasteiger partial charge in [-0.2, -0.15) is 12.6 Å². The number of rotatable bonds is 1. The molecule has 0 bridgehead atoms. The summed E-state index contributed by atoms with van der Waals surface area (Å²) in [5, 5.41) is 3.76. The number of hydrogen-bond donors (Lipinski definition) is 1. The molecule has 0 amide bonds. The Balaban J connectivity index is 3.07. The molecule has 1 rings (SSSR count). The molecule has 0 atom stereocenters. The molecule has 1 aromatic rings. The summed E-state index contributed by atoms with van der Waals surface area (Å²) in [6.07, 6.45) is 0. The van der Waals surface area contributed by atoms with Crippen LogP contribution in [0, 0.1) is 13.8 Å². The molecule has 3 heteroatoms. The molecule has 0 saturated carbocycles. The minimum Gasteiger partial charge on any atom is -0.361 e. The molecule has 0 unspecified atom stereocenters. The number of hydrogen-bond acceptors (Lipinski definition) is 3. The number of nitrogens with zero attached hydrogens (tertiary/aromatic N) is 1. The predicted octanol–water partition coefficient (Wildman–Crippen LogP) is 1.72. The van der Waals surface area contributed by atoms with E-state index in [0.29, 0.717) is 5.75 Å². The standard InChI is InChI=1S/C6H9NOS/c1-4-6(3-9)5(2)8-7-4/h9H,3H2,1-2H3. The molecule has 0 aliphatic carbocycles. The van der Waals surface area contributed by atoms with Gasteiger partial charge in [0.15, 0.2) is 0 Å². The van der Waals surface area contributed by atoms with E-state index in [1.807, 2.05) is 13.8 Å². The average Bonchev–Trinajstić information content (AvgIpc) is 2.12. The topological polar surface area (TPSA) is 26.0 Å². The maximum atomic E-state index is 4.89. The van der Waals surface area contributed by atoms with E-state index in [2.05, 4.69) is 17.8 Å². The molecule has 50 valence electrons. The van der Waals surface area contributed by atoms with E-state index in [0.717, 1.165) is 17.0 Å². The molecule has 0 saturated heterocycles. The van der Waals surface area contributed by atoms with Gasteiger partial charge in [-0.15, -0.1) is 0 Å². The largest absolute Gasteiger partial charge is 0.361 e. The third-order valence-electron chi connectivity index (χ3n) is 1.34. The zero-order chi connectivity index (χ0) is 6.85. The second kappa shape index (κ2) is 2.43. The van der Waals surface area contributed by atoms with Crippen molar-refractivity contribution in [3.8, 4) is 0 Å². The summed E-state index contributed by atoms with van der Waals surface area (Å²) >= 11 is 4.12. The predicted molar refractivity (Wildman–Crippen MR) is 38.7 cm³/mol. The summed E-state index contributed by atoms with van der Waals surface area (Å²) in [7, 11) is 0. The van der Waals surface area contributed by atoms with Gasteiger partial charge in [-0.05, 0) is 13.8 Å². The second-order valence-electron chi connectivity index (χ2n) is 1.96. The molecule has 0 aliphatic heterocycles. The molecule has 2 nitrogen and oxygen atoms in total. The van der Waals surface area contributed by atoms with Crippen molar-refractivity contribution in [2.75, 3.05) is 0 Å². The third-order valence-corrected chi connectivity index (χ3v) is 1.66. The lowest BCUT2D eigenvalue weighted by atomic mass is 10.2. The van der Waals surface area contributed by atoms with Gasteiger partial charge in [-0.25, -0.2) is 0 Å². The quantitative estimate of drug-likeness (QED) is 0.606. The summed E-state index contributed by atoms with van der Waals surface area (Å²) in [4.78, 5) is 0. The third kappa shape index (κ3) is 1.10. The first kappa shape index (κ1) is 6.68. The fourth-order valence-corrected chi connectivity index (χ4v) is 1.18. The average molecular weight is 143 g/mol. The van der Waals surface area contributed by atoms with Gasteiger partial charge in [0.25, 0.3) is 0 Å². The fraction of sp³-hybridized carbons (Fsp3) is 0.500. The Hall–Kier alpha value is -0.440. The van der Waals surface area contributed by atoms with Crippen LogP contribution in [-0.4, -0.2) is 5.16 Å². The molecule has 0 aromatic carbocycles. The van der Waals surface area contributed by atoms with Crippen LogP contribution in [0.2, 0.25) is 0 Å². The zero-order valence-corrected chi connectivity index (χ0v) is 6.40. The first-order valence-corrected chi connectivity index (χ1v) is 3.41. The molecular weight excluding hydrogens is 134 g/mol. The Labute approximate surface area is 59.6 Å². The minimum atomic E-state index is 0.709. The number of aryl methyl sites for hydroxylation is 2. The van der Waals surface area contributed by atoms with E-state index in [9.17, 15) is 0 Å². The molecule has 0 spiro atoms. The summed E-state index contributed by atoms with van der Waals surface area (Å²) in [6.45, 7) is 3.81. The lowest BCUT2D eigenvalue weighted by Gasteiger charge is -1.87. The van der Waals surface area contributed by atoms with Gasteiger partial charge in [0.1, 0.15) is 5.76 Å². The van der Waals surface area contributed by atoms with Crippen molar-refractivity contribution in [1.82, 2.24) is 5.16 Å². The fourth-order valence-electron chi connectivity index (χ4n) is 0.728. The van der Waals surface area contributed by atoms with Crippen LogP contribution in [0.5, 0.6) is 0 Å². The summed E-state index contributed by atoms with van der Waals surface area (Å²) in [6, 6.07) is 0. The highest BCUT2D eigenvalue weighted by atomic mass is 32.1. The van der Waals surface area contributed by atoms with E-state index >= 15 is 0 Å². The van der Waals surface area contributed by atoms with Gasteiger partial charge in [-0.3, -0.25) is 0 Å². The first-order valence-electron chi connectivity index (χ1n) is 2.78. The Morgan fingerprint density at radius 2 is 2.22 bits per heavy atom. The molecule has 1 aromatic heterocycles. The molecule has 0 N–H and O–H groups in total. The van der Waals surface area contributed by atoms with Gasteiger partial charge < -0.3 is 4.52 Å². The van der Waals surface area contributed by atoms with Crippen LogP contribution >= 0.6 is 12.6 Å². The van der Waals surface area contributed by atoms with Crippen LogP contribution in [-0.2, 0) is 5.75 Å². The number of aromatic nitrogens is 1. The van der Waals surface area contributed by atoms with E-state index in [-0.39, 0.29) is 0 Å². The molecule has 0 radical (unpaired) electrons. The first-order chi connectivity index (χ1) is 4.25. The van der Waals surface area contributed by atoms with Crippen molar-refractivity contribution in [3.63, 3.8) is 0 Å². The van der Waals surface area contributed by atoms with Crippen molar-refractivity contribution in [2.45, 2.75) is 19.6 Å². The maximum absolute atomic E-state index is 4.89. The van der Waals surface area contributed by atoms with Gasteiger partial charge >= 0.3 is 0 Å². The van der Waals surface area contributed by atoms with Crippen LogP contribution in [0.25, 0.3) is 0 Å². The van der Waals surface area contributed by atoms with Crippen molar-refractivity contribution in [2.24, 2.45) is 0 Å². The van der Waals surface area contributed by atoms with Crippen LogP contribution in [0.3, 0.4) is 0 Å². The lowest BCUT2D eigenvalue weighted by Crippen LogP contribution is -1.80. The molecule has 0 fully saturated rings. The normalized spacial score (nSPS) is 10.1. The van der Waals surface area contributed by atoms with Crippen molar-refractivity contribution >= 4 is 12.6 Å². The van der Waals surface area contributed by atoms with Crippen LogP contribution in [0.1, 0.15) is 17.0 Å². The minimum absolute atomic E-state index is 0.709. The highest BCUT2D eigenvalue weighted by Crippen LogP contribution is 2.13. The van der Waals surface area contributed by atoms with E-state index in [1.165, 1.54) is 0 Å². The number of thiol groups is 1. The van der Waals surface area contributed by atoms with Gasteiger partial charge in [0.05, 0.1) is 5.69 Å². The maximum Gasteiger partial charge on any atom is 0.137 e. The summed E-state index contributed by atoms with van der Waals surface area (Å²) in [5.74, 6) is 1.59. The van der Waals surface area contributed by atoms with Crippen LogP contribution in [0.15, 0.2) is 4.52 Å². The highest BCUT2D eigenvalue weighted by molar-refractivity contribution is 7.79. The molecule has 9 heavy (non-hydrogen) atoms. The highest BCUT2D eigenvalue weighted by Gasteiger charge is 2.04. The van der Waals surface area contributed by atoms with E-state index in [1.54, 1.807) is 0 Å². The molecule has 1 heterocycles.